The number of nitrogens with one attached hydrogen (secondary N) is 2. The predicted octanol–water partition coefficient (Wildman–Crippen LogP) is 1.98. The van der Waals surface area contributed by atoms with Crippen LogP contribution in [0.25, 0.3) is 10.9 Å². The minimum Gasteiger partial charge on any atom is -0.375 e. The number of hydrogen-bond acceptors (Lipinski definition) is 3. The number of hydrazone groups is 1. The number of nitrogens with two attached hydrogens (primary N) is 1. The Kier molecular flexibility index (Phi) is 4.70. The van der Waals surface area contributed by atoms with Gasteiger partial charge in [0.1, 0.15) is 0 Å². The largest absolute Gasteiger partial charge is 0.375 e. The van der Waals surface area contributed by atoms with E-state index in [0.29, 0.717) is 12.8 Å². The van der Waals surface area contributed by atoms with Crippen LogP contribution in [0.5, 0.6) is 0 Å². The predicted molar refractivity (Wildman–Crippen MR) is 90.7 cm³/mol. The van der Waals surface area contributed by atoms with Crippen LogP contribution in [0, 0.1) is 6.92 Å². The van der Waals surface area contributed by atoms with E-state index in [1.54, 1.807) is 0 Å². The van der Waals surface area contributed by atoms with Gasteiger partial charge >= 0.3 is 0 Å². The van der Waals surface area contributed by atoms with Gasteiger partial charge in [0.05, 0.1) is 0 Å². The molecule has 0 fully saturated rings. The van der Waals surface area contributed by atoms with Gasteiger partial charge in [0, 0.05) is 22.2 Å². The lowest BCUT2D eigenvalue weighted by Crippen LogP contribution is -2.25. The van der Waals surface area contributed by atoms with E-state index < -0.39 is 0 Å². The van der Waals surface area contributed by atoms with Crippen molar-refractivity contribution in [2.45, 2.75) is 26.7 Å². The monoisotopic (exact) mass is 302 g/mol. The van der Waals surface area contributed by atoms with Crippen LogP contribution in [0.4, 0.5) is 0 Å². The van der Waals surface area contributed by atoms with Crippen LogP contribution in [0.3, 0.4) is 0 Å². The average Bonchev–Trinajstić information content (AvgIpc) is 2.45. The first-order valence-electron chi connectivity index (χ1n) is 6.68. The molecule has 0 unspecified atom stereocenters. The number of para-hydroxylation sites is 1. The van der Waals surface area contributed by atoms with Crippen molar-refractivity contribution >= 4 is 33.9 Å². The summed E-state index contributed by atoms with van der Waals surface area (Å²) in [5.74, 6) is 0. The fourth-order valence-electron chi connectivity index (χ4n) is 2.26. The third-order valence-electron chi connectivity index (χ3n) is 3.40. The molecule has 0 amide bonds. The zero-order valence-corrected chi connectivity index (χ0v) is 12.9. The number of aromatic nitrogens is 1. The average molecular weight is 302 g/mol. The number of aryl methyl sites for hydroxylation is 1. The first kappa shape index (κ1) is 15.2. The van der Waals surface area contributed by atoms with E-state index in [0.717, 1.165) is 27.7 Å². The molecule has 0 aliphatic heterocycles. The Hall–Kier alpha value is -2.21. The van der Waals surface area contributed by atoms with E-state index in [4.69, 9.17) is 18.0 Å². The maximum Gasteiger partial charge on any atom is 0.251 e. The minimum atomic E-state index is -0.0405. The van der Waals surface area contributed by atoms with Crippen molar-refractivity contribution in [3.63, 3.8) is 0 Å². The van der Waals surface area contributed by atoms with Crippen LogP contribution >= 0.6 is 12.2 Å². The van der Waals surface area contributed by atoms with Crippen LogP contribution in [-0.4, -0.2) is 15.8 Å². The summed E-state index contributed by atoms with van der Waals surface area (Å²) in [7, 11) is 0. The van der Waals surface area contributed by atoms with Gasteiger partial charge < -0.3 is 10.7 Å². The highest BCUT2D eigenvalue weighted by atomic mass is 32.1. The topological polar surface area (TPSA) is 83.3 Å². The molecule has 2 rings (SSSR count). The summed E-state index contributed by atoms with van der Waals surface area (Å²) in [5.41, 5.74) is 11.3. The number of pyridine rings is 1. The maximum absolute atomic E-state index is 12.2. The molecular formula is C15H18N4OS. The van der Waals surface area contributed by atoms with E-state index in [1.807, 2.05) is 38.1 Å². The van der Waals surface area contributed by atoms with Gasteiger partial charge in [0.25, 0.3) is 5.56 Å². The summed E-state index contributed by atoms with van der Waals surface area (Å²) >= 11 is 4.69. The number of thiocarbonyl (C=S) groups is 1. The van der Waals surface area contributed by atoms with Gasteiger partial charge in [-0.05, 0) is 50.5 Å². The van der Waals surface area contributed by atoms with Crippen LogP contribution in [0.15, 0.2) is 34.2 Å². The first-order chi connectivity index (χ1) is 9.99. The molecule has 0 bridgehead atoms. The number of hydrogen-bond donors (Lipinski definition) is 3. The van der Waals surface area contributed by atoms with Gasteiger partial charge in [-0.15, -0.1) is 0 Å². The molecule has 110 valence electrons. The molecule has 2 aromatic rings. The number of benzene rings is 1. The summed E-state index contributed by atoms with van der Waals surface area (Å²) < 4.78 is 0. The normalized spacial score (nSPS) is 11.6. The van der Waals surface area contributed by atoms with Gasteiger partial charge in [-0.3, -0.25) is 10.2 Å². The molecule has 4 N–H and O–H groups in total. The second kappa shape index (κ2) is 6.49. The van der Waals surface area contributed by atoms with E-state index in [9.17, 15) is 4.79 Å². The lowest BCUT2D eigenvalue weighted by molar-refractivity contribution is 0.949. The molecule has 1 aromatic heterocycles. The highest BCUT2D eigenvalue weighted by Crippen LogP contribution is 2.17. The van der Waals surface area contributed by atoms with Crippen LogP contribution < -0.4 is 16.7 Å². The Morgan fingerprint density at radius 3 is 2.86 bits per heavy atom. The minimum absolute atomic E-state index is 0.0405. The van der Waals surface area contributed by atoms with Crippen molar-refractivity contribution in [1.29, 1.82) is 0 Å². The van der Waals surface area contributed by atoms with Crippen molar-refractivity contribution in [2.24, 2.45) is 10.8 Å². The molecule has 6 heteroatoms. The second-order valence-electron chi connectivity index (χ2n) is 4.93. The number of rotatable bonds is 4. The van der Waals surface area contributed by atoms with Crippen molar-refractivity contribution in [3.05, 3.63) is 45.7 Å². The molecule has 0 saturated carbocycles. The molecular weight excluding hydrogens is 284 g/mol. The van der Waals surface area contributed by atoms with E-state index in [-0.39, 0.29) is 10.7 Å². The molecule has 0 saturated heterocycles. The molecule has 0 atom stereocenters. The van der Waals surface area contributed by atoms with Crippen LogP contribution in [0.1, 0.15) is 24.5 Å². The fourth-order valence-corrected chi connectivity index (χ4v) is 2.31. The maximum atomic E-state index is 12.2. The van der Waals surface area contributed by atoms with Gasteiger partial charge in [-0.25, -0.2) is 0 Å². The summed E-state index contributed by atoms with van der Waals surface area (Å²) in [5, 5.41) is 5.25. The zero-order valence-electron chi connectivity index (χ0n) is 12.1. The van der Waals surface area contributed by atoms with Gasteiger partial charge in [0.15, 0.2) is 5.11 Å². The number of H-pyrrole nitrogens is 1. The third kappa shape index (κ3) is 3.66. The number of nitrogens with zero attached hydrogens (tertiary/aromatic N) is 1. The van der Waals surface area contributed by atoms with Crippen LogP contribution in [-0.2, 0) is 6.42 Å². The van der Waals surface area contributed by atoms with Gasteiger partial charge in [-0.2, -0.15) is 5.10 Å². The van der Waals surface area contributed by atoms with Gasteiger partial charge in [0.2, 0.25) is 0 Å². The Morgan fingerprint density at radius 1 is 1.43 bits per heavy atom. The highest BCUT2D eigenvalue weighted by Gasteiger charge is 2.09. The third-order valence-corrected chi connectivity index (χ3v) is 3.49. The standard InChI is InChI=1S/C15H18N4OS/c1-9(18-19-15(16)21)7-8-12-10(2)11-5-3-4-6-13(11)17-14(12)20/h3-6H,7-8H2,1-2H3,(H,17,20)(H3,16,19,21). The Labute approximate surface area is 128 Å². The zero-order chi connectivity index (χ0) is 15.4. The van der Waals surface area contributed by atoms with E-state index in [1.165, 1.54) is 0 Å². The molecule has 21 heavy (non-hydrogen) atoms. The lowest BCUT2D eigenvalue weighted by atomic mass is 10.0. The van der Waals surface area contributed by atoms with Crippen molar-refractivity contribution in [1.82, 2.24) is 10.4 Å². The fraction of sp³-hybridized carbons (Fsp3) is 0.267. The quantitative estimate of drug-likeness (QED) is 0.458. The Balaban J connectivity index is 2.25. The van der Waals surface area contributed by atoms with Crippen molar-refractivity contribution in [2.75, 3.05) is 0 Å². The first-order valence-corrected chi connectivity index (χ1v) is 7.09. The number of aromatic amines is 1. The van der Waals surface area contributed by atoms with Crippen LogP contribution in [0.2, 0.25) is 0 Å². The molecule has 0 aliphatic rings. The van der Waals surface area contributed by atoms with E-state index >= 15 is 0 Å². The molecule has 0 spiro atoms. The summed E-state index contributed by atoms with van der Waals surface area (Å²) in [6.07, 6.45) is 1.29. The SMILES string of the molecule is CC(CCc1c(C)c2ccccc2[nH]c1=O)=NNC(N)=S. The van der Waals surface area contributed by atoms with Crippen molar-refractivity contribution in [3.8, 4) is 0 Å². The second-order valence-corrected chi connectivity index (χ2v) is 5.37. The summed E-state index contributed by atoms with van der Waals surface area (Å²) in [6, 6.07) is 7.80. The molecule has 0 radical (unpaired) electrons. The smallest absolute Gasteiger partial charge is 0.251 e. The number of fused-ring (bicyclic) bond motifs is 1. The summed E-state index contributed by atoms with van der Waals surface area (Å²) in [4.78, 5) is 15.1. The van der Waals surface area contributed by atoms with E-state index in [2.05, 4.69) is 15.5 Å². The Bertz CT molecular complexity index is 764. The molecule has 0 aliphatic carbocycles. The lowest BCUT2D eigenvalue weighted by Gasteiger charge is -2.08. The van der Waals surface area contributed by atoms with Crippen molar-refractivity contribution < 1.29 is 0 Å². The molecule has 5 nitrogen and oxygen atoms in total. The summed E-state index contributed by atoms with van der Waals surface area (Å²) in [6.45, 7) is 3.85. The highest BCUT2D eigenvalue weighted by molar-refractivity contribution is 7.80. The molecule has 1 heterocycles. The van der Waals surface area contributed by atoms with Gasteiger partial charge in [-0.1, -0.05) is 18.2 Å². The Morgan fingerprint density at radius 2 is 2.14 bits per heavy atom. The molecule has 1 aromatic carbocycles.